The van der Waals surface area contributed by atoms with Crippen molar-refractivity contribution in [2.75, 3.05) is 0 Å². The number of unbranched alkanes of at least 4 members (excludes halogenated alkanes) is 5. The molecule has 0 N–H and O–H groups in total. The highest BCUT2D eigenvalue weighted by Crippen LogP contribution is 2.36. The zero-order valence-corrected chi connectivity index (χ0v) is 14.6. The van der Waals surface area contributed by atoms with E-state index in [1.807, 2.05) is 6.92 Å². The molecule has 0 saturated carbocycles. The summed E-state index contributed by atoms with van der Waals surface area (Å²) < 4.78 is 15.4. The highest BCUT2D eigenvalue weighted by molar-refractivity contribution is 5.25. The van der Waals surface area contributed by atoms with Crippen LogP contribution in [0.25, 0.3) is 0 Å². The lowest BCUT2D eigenvalue weighted by atomic mass is 9.76. The molecule has 1 heterocycles. The van der Waals surface area contributed by atoms with Crippen LogP contribution in [0.4, 0.5) is 4.39 Å². The van der Waals surface area contributed by atoms with E-state index in [9.17, 15) is 4.39 Å². The Hall–Kier alpha value is -0.860. The largest absolute Gasteiger partial charge is 0.242 e. The molecule has 1 atom stereocenters. The Morgan fingerprint density at radius 2 is 1.52 bits per heavy atom. The zero-order valence-electron chi connectivity index (χ0n) is 14.6. The lowest BCUT2D eigenvalue weighted by Gasteiger charge is -2.29. The zero-order chi connectivity index (χ0) is 15.9. The second-order valence-electron chi connectivity index (χ2n) is 6.72. The molecule has 122 valence electrons. The van der Waals surface area contributed by atoms with Crippen molar-refractivity contribution in [3.8, 4) is 0 Å². The van der Waals surface area contributed by atoms with Gasteiger partial charge >= 0.3 is 0 Å². The minimum absolute atomic E-state index is 0.0229. The summed E-state index contributed by atoms with van der Waals surface area (Å²) in [7, 11) is 1.70. The van der Waals surface area contributed by atoms with Gasteiger partial charge in [0.1, 0.15) is 0 Å². The smallest absolute Gasteiger partial charge is 0.214 e. The normalized spacial score (nSPS) is 14.4. The molecule has 0 spiro atoms. The SMILES string of the molecule is CCCCCCC(C)(CCCCC)c1nn(C)c(F)c1C. The van der Waals surface area contributed by atoms with E-state index in [0.29, 0.717) is 0 Å². The van der Waals surface area contributed by atoms with Crippen LogP contribution >= 0.6 is 0 Å². The van der Waals surface area contributed by atoms with Crippen molar-refractivity contribution in [3.63, 3.8) is 0 Å². The molecule has 2 nitrogen and oxygen atoms in total. The van der Waals surface area contributed by atoms with Gasteiger partial charge in [-0.05, 0) is 19.8 Å². The van der Waals surface area contributed by atoms with Crippen LogP contribution in [0.3, 0.4) is 0 Å². The van der Waals surface area contributed by atoms with E-state index in [2.05, 4.69) is 25.9 Å². The monoisotopic (exact) mass is 296 g/mol. The summed E-state index contributed by atoms with van der Waals surface area (Å²) in [5, 5.41) is 4.50. The molecule has 0 radical (unpaired) electrons. The molecular formula is C18H33FN2. The van der Waals surface area contributed by atoms with E-state index >= 15 is 0 Å². The second kappa shape index (κ2) is 8.55. The average Bonchev–Trinajstić information content (AvgIpc) is 2.72. The van der Waals surface area contributed by atoms with Gasteiger partial charge in [0.15, 0.2) is 0 Å². The van der Waals surface area contributed by atoms with E-state index in [1.165, 1.54) is 49.6 Å². The maximum absolute atomic E-state index is 14.0. The maximum Gasteiger partial charge on any atom is 0.214 e. The quantitative estimate of drug-likeness (QED) is 0.508. The van der Waals surface area contributed by atoms with Crippen LogP contribution in [0, 0.1) is 12.9 Å². The molecule has 3 heteroatoms. The van der Waals surface area contributed by atoms with Gasteiger partial charge in [0.05, 0.1) is 5.69 Å². The Balaban J connectivity index is 2.86. The van der Waals surface area contributed by atoms with Crippen molar-refractivity contribution in [3.05, 3.63) is 17.2 Å². The van der Waals surface area contributed by atoms with Crippen molar-refractivity contribution in [2.24, 2.45) is 7.05 Å². The predicted octanol–water partition coefficient (Wildman–Crippen LogP) is 5.68. The first-order valence-corrected chi connectivity index (χ1v) is 8.65. The summed E-state index contributed by atoms with van der Waals surface area (Å²) in [5.74, 6) is -0.180. The third-order valence-corrected chi connectivity index (χ3v) is 4.68. The molecule has 0 aromatic carbocycles. The molecule has 1 unspecified atom stereocenters. The molecule has 1 aromatic rings. The lowest BCUT2D eigenvalue weighted by Crippen LogP contribution is -2.24. The molecule has 1 rings (SSSR count). The number of aromatic nitrogens is 2. The van der Waals surface area contributed by atoms with Crippen LogP contribution in [-0.4, -0.2) is 9.78 Å². The average molecular weight is 296 g/mol. The van der Waals surface area contributed by atoms with Gasteiger partial charge in [0, 0.05) is 18.0 Å². The van der Waals surface area contributed by atoms with E-state index in [-0.39, 0.29) is 11.4 Å². The van der Waals surface area contributed by atoms with Crippen LogP contribution < -0.4 is 0 Å². The van der Waals surface area contributed by atoms with Gasteiger partial charge in [0.2, 0.25) is 5.95 Å². The minimum atomic E-state index is -0.180. The van der Waals surface area contributed by atoms with Crippen molar-refractivity contribution in [1.82, 2.24) is 9.78 Å². The molecule has 0 aliphatic heterocycles. The van der Waals surface area contributed by atoms with Crippen LogP contribution in [0.1, 0.15) is 89.8 Å². The van der Waals surface area contributed by atoms with E-state index < -0.39 is 0 Å². The Labute approximate surface area is 130 Å². The third kappa shape index (κ3) is 4.82. The number of aryl methyl sites for hydroxylation is 1. The Morgan fingerprint density at radius 3 is 2.00 bits per heavy atom. The highest BCUT2D eigenvalue weighted by Gasteiger charge is 2.31. The van der Waals surface area contributed by atoms with Gasteiger partial charge in [0.25, 0.3) is 0 Å². The summed E-state index contributed by atoms with van der Waals surface area (Å²) in [6.07, 6.45) is 10.9. The first kappa shape index (κ1) is 18.2. The number of rotatable bonds is 10. The summed E-state index contributed by atoms with van der Waals surface area (Å²) in [4.78, 5) is 0. The number of hydrogen-bond acceptors (Lipinski definition) is 1. The van der Waals surface area contributed by atoms with Gasteiger partial charge in [-0.1, -0.05) is 65.7 Å². The molecule has 0 amide bonds. The van der Waals surface area contributed by atoms with Crippen molar-refractivity contribution >= 4 is 0 Å². The Morgan fingerprint density at radius 1 is 1.00 bits per heavy atom. The van der Waals surface area contributed by atoms with Crippen LogP contribution in [0.5, 0.6) is 0 Å². The minimum Gasteiger partial charge on any atom is -0.242 e. The maximum atomic E-state index is 14.0. The molecule has 0 aliphatic carbocycles. The lowest BCUT2D eigenvalue weighted by molar-refractivity contribution is 0.352. The fraction of sp³-hybridized carbons (Fsp3) is 0.833. The van der Waals surface area contributed by atoms with Crippen molar-refractivity contribution < 1.29 is 4.39 Å². The summed E-state index contributed by atoms with van der Waals surface area (Å²) in [6.45, 7) is 8.62. The first-order chi connectivity index (χ1) is 9.96. The molecule has 0 saturated heterocycles. The van der Waals surface area contributed by atoms with Gasteiger partial charge in [-0.3, -0.25) is 0 Å². The molecular weight excluding hydrogens is 263 g/mol. The van der Waals surface area contributed by atoms with E-state index in [1.54, 1.807) is 7.05 Å². The van der Waals surface area contributed by atoms with Gasteiger partial charge < -0.3 is 0 Å². The standard InChI is InChI=1S/C18H33FN2/c1-6-8-10-12-14-18(4,13-11-9-7-2)16-15(3)17(19)21(5)20-16/h6-14H2,1-5H3. The summed E-state index contributed by atoms with van der Waals surface area (Å²) >= 11 is 0. The third-order valence-electron chi connectivity index (χ3n) is 4.68. The first-order valence-electron chi connectivity index (χ1n) is 8.65. The van der Waals surface area contributed by atoms with Gasteiger partial charge in [-0.2, -0.15) is 9.49 Å². The predicted molar refractivity (Wildman–Crippen MR) is 88.2 cm³/mol. The summed E-state index contributed by atoms with van der Waals surface area (Å²) in [6, 6.07) is 0. The van der Waals surface area contributed by atoms with E-state index in [0.717, 1.165) is 24.1 Å². The molecule has 1 aromatic heterocycles. The fourth-order valence-corrected chi connectivity index (χ4v) is 3.25. The van der Waals surface area contributed by atoms with E-state index in [4.69, 9.17) is 0 Å². The molecule has 21 heavy (non-hydrogen) atoms. The molecule has 0 fully saturated rings. The highest BCUT2D eigenvalue weighted by atomic mass is 19.1. The fourth-order valence-electron chi connectivity index (χ4n) is 3.25. The topological polar surface area (TPSA) is 17.8 Å². The van der Waals surface area contributed by atoms with Crippen molar-refractivity contribution in [1.29, 1.82) is 0 Å². The van der Waals surface area contributed by atoms with Crippen molar-refractivity contribution in [2.45, 2.75) is 90.9 Å². The second-order valence-corrected chi connectivity index (χ2v) is 6.72. The summed E-state index contributed by atoms with van der Waals surface area (Å²) in [5.41, 5.74) is 1.75. The number of nitrogens with zero attached hydrogens (tertiary/aromatic N) is 2. The Kier molecular flexibility index (Phi) is 7.41. The van der Waals surface area contributed by atoms with Crippen LogP contribution in [0.15, 0.2) is 0 Å². The molecule has 0 aliphatic rings. The molecule has 0 bridgehead atoms. The Bertz CT molecular complexity index is 425. The van der Waals surface area contributed by atoms with Gasteiger partial charge in [-0.15, -0.1) is 0 Å². The number of hydrogen-bond donors (Lipinski definition) is 0. The van der Waals surface area contributed by atoms with Crippen LogP contribution in [-0.2, 0) is 12.5 Å². The van der Waals surface area contributed by atoms with Gasteiger partial charge in [-0.25, -0.2) is 4.68 Å². The van der Waals surface area contributed by atoms with Crippen LogP contribution in [0.2, 0.25) is 0 Å². The number of halogens is 1.